The summed E-state index contributed by atoms with van der Waals surface area (Å²) in [7, 11) is 0. The molecular weight excluding hydrogens is 584 g/mol. The molecule has 4 amide bonds. The van der Waals surface area contributed by atoms with Crippen LogP contribution < -0.4 is 0 Å². The van der Waals surface area contributed by atoms with Crippen molar-refractivity contribution in [3.8, 4) is 0 Å². The third kappa shape index (κ3) is 4.90. The van der Waals surface area contributed by atoms with E-state index in [1.54, 1.807) is 0 Å². The molecule has 0 N–H and O–H groups in total. The first-order valence-corrected chi connectivity index (χ1v) is 17.5. The lowest BCUT2D eigenvalue weighted by Crippen LogP contribution is -2.47. The highest BCUT2D eigenvalue weighted by Crippen LogP contribution is 2.46. The third-order valence-corrected chi connectivity index (χ3v) is 10.4. The summed E-state index contributed by atoms with van der Waals surface area (Å²) in [5.74, 6) is -0.914. The van der Waals surface area contributed by atoms with Crippen molar-refractivity contribution in [1.82, 2.24) is 9.80 Å². The SMILES string of the molecule is CCCC(CCC)N1C(=O)c2ccc3c4ccc5c6c(ccc(c7ccc(c2c37)C1=O)c64)C(=O)N(CCCCCCC(C)(C)C)C5=O. The van der Waals surface area contributed by atoms with Gasteiger partial charge in [-0.2, -0.15) is 0 Å². The van der Waals surface area contributed by atoms with Crippen LogP contribution in [0.15, 0.2) is 48.5 Å². The lowest BCUT2D eigenvalue weighted by atomic mass is 9.82. The Hall–Kier alpha value is -4.32. The highest BCUT2D eigenvalue weighted by Gasteiger charge is 2.39. The minimum absolute atomic E-state index is 0.125. The van der Waals surface area contributed by atoms with E-state index in [0.717, 1.165) is 90.1 Å². The van der Waals surface area contributed by atoms with E-state index in [0.29, 0.717) is 45.0 Å². The summed E-state index contributed by atoms with van der Waals surface area (Å²) in [4.78, 5) is 58.6. The average molecular weight is 629 g/mol. The smallest absolute Gasteiger partial charge is 0.261 e. The van der Waals surface area contributed by atoms with Gasteiger partial charge in [0.15, 0.2) is 0 Å². The summed E-state index contributed by atoms with van der Waals surface area (Å²) in [6.07, 6.45) is 8.54. The first-order valence-electron chi connectivity index (χ1n) is 17.5. The van der Waals surface area contributed by atoms with Gasteiger partial charge in [-0.15, -0.1) is 0 Å². The van der Waals surface area contributed by atoms with E-state index < -0.39 is 0 Å². The second-order valence-electron chi connectivity index (χ2n) is 14.8. The Kier molecular flexibility index (Phi) is 7.81. The van der Waals surface area contributed by atoms with Gasteiger partial charge >= 0.3 is 0 Å². The quantitative estimate of drug-likeness (QED) is 0.0631. The van der Waals surface area contributed by atoms with Gasteiger partial charge in [-0.05, 0) is 87.7 Å². The molecule has 7 rings (SSSR count). The van der Waals surface area contributed by atoms with Crippen molar-refractivity contribution in [3.05, 3.63) is 70.8 Å². The minimum atomic E-state index is -0.234. The zero-order valence-corrected chi connectivity index (χ0v) is 28.3. The number of rotatable bonds is 11. The van der Waals surface area contributed by atoms with E-state index in [1.165, 1.54) is 9.80 Å². The van der Waals surface area contributed by atoms with Gasteiger partial charge in [0.25, 0.3) is 23.6 Å². The Bertz CT molecular complexity index is 1980. The molecule has 0 aromatic heterocycles. The fraction of sp³-hybridized carbons (Fsp3) is 0.415. The normalized spacial score (nSPS) is 15.2. The van der Waals surface area contributed by atoms with Crippen LogP contribution in [0, 0.1) is 5.41 Å². The number of unbranched alkanes of at least 4 members (excludes halogenated alkanes) is 3. The van der Waals surface area contributed by atoms with Gasteiger partial charge in [-0.25, -0.2) is 0 Å². The monoisotopic (exact) mass is 628 g/mol. The molecule has 2 aliphatic rings. The van der Waals surface area contributed by atoms with Crippen LogP contribution in [0.4, 0.5) is 0 Å². The number of amides is 4. The number of carbonyl (C=O) groups is 4. The minimum Gasteiger partial charge on any atom is -0.274 e. The second-order valence-corrected chi connectivity index (χ2v) is 14.8. The molecule has 47 heavy (non-hydrogen) atoms. The predicted molar refractivity (Wildman–Crippen MR) is 190 cm³/mol. The molecule has 2 aliphatic heterocycles. The molecule has 0 spiro atoms. The van der Waals surface area contributed by atoms with Crippen LogP contribution in [0.25, 0.3) is 43.1 Å². The Morgan fingerprint density at radius 3 is 1.34 bits per heavy atom. The fourth-order valence-corrected chi connectivity index (χ4v) is 8.22. The predicted octanol–water partition coefficient (Wildman–Crippen LogP) is 9.89. The van der Waals surface area contributed by atoms with Crippen molar-refractivity contribution in [1.29, 1.82) is 0 Å². The molecule has 0 aliphatic carbocycles. The van der Waals surface area contributed by atoms with Gasteiger partial charge in [0.05, 0.1) is 0 Å². The average Bonchev–Trinajstić information content (AvgIpc) is 3.04. The van der Waals surface area contributed by atoms with E-state index >= 15 is 0 Å². The second kappa shape index (κ2) is 11.7. The summed E-state index contributed by atoms with van der Waals surface area (Å²) >= 11 is 0. The number of nitrogens with zero attached hydrogens (tertiary/aromatic N) is 2. The molecule has 0 saturated carbocycles. The van der Waals surface area contributed by atoms with E-state index in [9.17, 15) is 19.2 Å². The van der Waals surface area contributed by atoms with Gasteiger partial charge in [0.1, 0.15) is 0 Å². The van der Waals surface area contributed by atoms with E-state index in [2.05, 4.69) is 34.6 Å². The molecule has 2 heterocycles. The van der Waals surface area contributed by atoms with Gasteiger partial charge in [-0.1, -0.05) is 91.0 Å². The van der Waals surface area contributed by atoms with Gasteiger partial charge < -0.3 is 0 Å². The number of imide groups is 2. The molecule has 6 heteroatoms. The lowest BCUT2D eigenvalue weighted by molar-refractivity contribution is 0.0518. The Morgan fingerprint density at radius 2 is 0.936 bits per heavy atom. The van der Waals surface area contributed by atoms with Crippen molar-refractivity contribution >= 4 is 66.7 Å². The van der Waals surface area contributed by atoms with Gasteiger partial charge in [-0.3, -0.25) is 29.0 Å². The number of carbonyl (C=O) groups excluding carboxylic acids is 4. The molecule has 0 unspecified atom stereocenters. The largest absolute Gasteiger partial charge is 0.274 e. The van der Waals surface area contributed by atoms with E-state index in [4.69, 9.17) is 0 Å². The van der Waals surface area contributed by atoms with Crippen molar-refractivity contribution in [2.45, 2.75) is 98.4 Å². The molecule has 5 aromatic carbocycles. The molecule has 0 saturated heterocycles. The Balaban J connectivity index is 1.31. The zero-order chi connectivity index (χ0) is 33.2. The Morgan fingerprint density at radius 1 is 0.532 bits per heavy atom. The van der Waals surface area contributed by atoms with Crippen LogP contribution in [-0.4, -0.2) is 46.0 Å². The Labute approximate surface area is 276 Å². The van der Waals surface area contributed by atoms with Crippen LogP contribution in [0.5, 0.6) is 0 Å². The van der Waals surface area contributed by atoms with Crippen LogP contribution in [-0.2, 0) is 0 Å². The molecule has 0 fully saturated rings. The topological polar surface area (TPSA) is 74.8 Å². The van der Waals surface area contributed by atoms with Gasteiger partial charge in [0.2, 0.25) is 0 Å². The molecular formula is C41H44N2O4. The third-order valence-electron chi connectivity index (χ3n) is 10.4. The van der Waals surface area contributed by atoms with Crippen molar-refractivity contribution in [2.75, 3.05) is 6.54 Å². The first-order chi connectivity index (χ1) is 22.6. The molecule has 242 valence electrons. The van der Waals surface area contributed by atoms with Gasteiger partial charge in [0, 0.05) is 45.6 Å². The number of fused-ring (bicyclic) bond motifs is 2. The first kappa shape index (κ1) is 31.3. The lowest BCUT2D eigenvalue weighted by Gasteiger charge is -2.34. The maximum Gasteiger partial charge on any atom is 0.261 e. The summed E-state index contributed by atoms with van der Waals surface area (Å²) < 4.78 is 0. The van der Waals surface area contributed by atoms with E-state index in [-0.39, 0.29) is 29.7 Å². The molecule has 6 nitrogen and oxygen atoms in total. The van der Waals surface area contributed by atoms with Crippen molar-refractivity contribution in [3.63, 3.8) is 0 Å². The van der Waals surface area contributed by atoms with Crippen molar-refractivity contribution < 1.29 is 19.2 Å². The van der Waals surface area contributed by atoms with E-state index in [1.807, 2.05) is 48.5 Å². The summed E-state index contributed by atoms with van der Waals surface area (Å²) in [6.45, 7) is 11.4. The van der Waals surface area contributed by atoms with Crippen LogP contribution in [0.1, 0.15) is 134 Å². The molecule has 0 bridgehead atoms. The molecule has 0 radical (unpaired) electrons. The molecule has 0 atom stereocenters. The number of benzene rings is 5. The highest BCUT2D eigenvalue weighted by atomic mass is 16.2. The maximum absolute atomic E-state index is 14.0. The maximum atomic E-state index is 14.0. The van der Waals surface area contributed by atoms with Crippen LogP contribution >= 0.6 is 0 Å². The standard InChI is InChI=1S/C41H44N2O4/c1-6-12-24(13-7-2)43-39(46)31-20-16-27-25-14-18-29-35-30(38(45)42(37(29)44)23-11-9-8-10-22-41(3,4)5)19-15-26(33(25)35)28-17-21-32(40(43)47)36(31)34(27)28/h14-21,24H,6-13,22-23H2,1-5H3. The summed E-state index contributed by atoms with van der Waals surface area (Å²) in [5, 5.41) is 6.86. The van der Waals surface area contributed by atoms with Crippen molar-refractivity contribution in [2.24, 2.45) is 5.41 Å². The number of hydrogen-bond acceptors (Lipinski definition) is 4. The van der Waals surface area contributed by atoms with Crippen LogP contribution in [0.2, 0.25) is 0 Å². The number of hydrogen-bond donors (Lipinski definition) is 0. The molecule has 5 aromatic rings. The zero-order valence-electron chi connectivity index (χ0n) is 28.3. The fourth-order valence-electron chi connectivity index (χ4n) is 8.22. The highest BCUT2D eigenvalue weighted by molar-refractivity contribution is 6.41. The summed E-state index contributed by atoms with van der Waals surface area (Å²) in [5.41, 5.74) is 2.55. The summed E-state index contributed by atoms with van der Waals surface area (Å²) in [6, 6.07) is 15.2. The van der Waals surface area contributed by atoms with Crippen LogP contribution in [0.3, 0.4) is 0 Å².